The fourth-order valence-electron chi connectivity index (χ4n) is 2.59. The fraction of sp³-hybridized carbons (Fsp3) is 0.562. The average molecular weight is 336 g/mol. The Kier molecular flexibility index (Phi) is 5.90. The normalized spacial score (nSPS) is 11.3. The molecule has 2 aromatic heterocycles. The van der Waals surface area contributed by atoms with Gasteiger partial charge in [-0.3, -0.25) is 9.59 Å². The number of aromatic amines is 1. The van der Waals surface area contributed by atoms with Crippen molar-refractivity contribution >= 4 is 27.5 Å². The van der Waals surface area contributed by atoms with Gasteiger partial charge in [-0.15, -0.1) is 11.3 Å². The van der Waals surface area contributed by atoms with Crippen molar-refractivity contribution in [2.24, 2.45) is 0 Å². The van der Waals surface area contributed by atoms with E-state index in [1.54, 1.807) is 13.8 Å². The van der Waals surface area contributed by atoms with Crippen LogP contribution >= 0.6 is 11.3 Å². The predicted octanol–water partition coefficient (Wildman–Crippen LogP) is 2.06. The van der Waals surface area contributed by atoms with Crippen LogP contribution in [0, 0.1) is 13.8 Å². The molecule has 0 fully saturated rings. The van der Waals surface area contributed by atoms with Gasteiger partial charge in [-0.05, 0) is 45.5 Å². The number of aryl methyl sites for hydroxylation is 2. The number of aromatic nitrogens is 2. The molecule has 2 aromatic rings. The molecule has 23 heavy (non-hydrogen) atoms. The Balaban J connectivity index is 2.06. The summed E-state index contributed by atoms with van der Waals surface area (Å²) < 4.78 is 0. The van der Waals surface area contributed by atoms with Crippen molar-refractivity contribution in [3.63, 3.8) is 0 Å². The molecule has 2 N–H and O–H groups in total. The first-order valence-corrected chi connectivity index (χ1v) is 8.80. The van der Waals surface area contributed by atoms with E-state index in [1.807, 2.05) is 0 Å². The smallest absolute Gasteiger partial charge is 0.261 e. The zero-order valence-corrected chi connectivity index (χ0v) is 15.0. The molecule has 0 aromatic carbocycles. The summed E-state index contributed by atoms with van der Waals surface area (Å²) in [4.78, 5) is 34.9. The highest BCUT2D eigenvalue weighted by molar-refractivity contribution is 7.20. The van der Waals surface area contributed by atoms with Crippen LogP contribution in [0.4, 0.5) is 0 Å². The van der Waals surface area contributed by atoms with Crippen molar-refractivity contribution in [3.05, 3.63) is 26.6 Å². The van der Waals surface area contributed by atoms with Gasteiger partial charge in [-0.25, -0.2) is 4.98 Å². The van der Waals surface area contributed by atoms with Gasteiger partial charge in [-0.1, -0.05) is 13.8 Å². The molecule has 7 heteroatoms. The highest BCUT2D eigenvalue weighted by atomic mass is 32.1. The van der Waals surface area contributed by atoms with E-state index >= 15 is 0 Å². The zero-order chi connectivity index (χ0) is 17.0. The predicted molar refractivity (Wildman–Crippen MR) is 94.5 cm³/mol. The van der Waals surface area contributed by atoms with Crippen molar-refractivity contribution in [2.75, 3.05) is 26.2 Å². The van der Waals surface area contributed by atoms with Crippen LogP contribution in [0.1, 0.15) is 41.3 Å². The minimum atomic E-state index is -0.179. The number of nitrogens with one attached hydrogen (secondary N) is 2. The van der Waals surface area contributed by atoms with E-state index in [2.05, 4.69) is 34.0 Å². The number of carbonyl (C=O) groups is 1. The second-order valence-electron chi connectivity index (χ2n) is 5.52. The number of fused-ring (bicyclic) bond motifs is 1. The molecular weight excluding hydrogens is 312 g/mol. The number of thiophene rings is 1. The lowest BCUT2D eigenvalue weighted by Gasteiger charge is -2.17. The van der Waals surface area contributed by atoms with Gasteiger partial charge in [0.25, 0.3) is 11.5 Å². The summed E-state index contributed by atoms with van der Waals surface area (Å²) in [6, 6.07) is 0. The first-order valence-electron chi connectivity index (χ1n) is 7.98. The van der Waals surface area contributed by atoms with Gasteiger partial charge in [0.15, 0.2) is 0 Å². The molecule has 0 aliphatic carbocycles. The minimum Gasteiger partial charge on any atom is -0.351 e. The van der Waals surface area contributed by atoms with Crippen molar-refractivity contribution in [2.45, 2.75) is 34.1 Å². The Bertz CT molecular complexity index is 746. The Hall–Kier alpha value is -1.73. The summed E-state index contributed by atoms with van der Waals surface area (Å²) in [7, 11) is 0. The van der Waals surface area contributed by atoms with Crippen LogP contribution < -0.4 is 10.9 Å². The van der Waals surface area contributed by atoms with Crippen LogP contribution in [0.25, 0.3) is 10.2 Å². The van der Waals surface area contributed by atoms with Crippen molar-refractivity contribution in [1.29, 1.82) is 0 Å². The van der Waals surface area contributed by atoms with Gasteiger partial charge in [0.1, 0.15) is 10.7 Å². The number of carbonyl (C=O) groups excluding carboxylic acids is 1. The summed E-state index contributed by atoms with van der Waals surface area (Å²) in [5.41, 5.74) is 0.529. The first-order chi connectivity index (χ1) is 11.0. The molecule has 6 nitrogen and oxygen atoms in total. The standard InChI is InChI=1S/C16H24N4O2S/c1-5-20(6-2)9-7-8-17-15(22)13-10(3)12-14(21)18-11(4)19-16(12)23-13/h5-9H2,1-4H3,(H,17,22)(H,18,19,21). The molecule has 0 spiro atoms. The fourth-order valence-corrected chi connectivity index (χ4v) is 3.74. The van der Waals surface area contributed by atoms with Crippen LogP contribution in [-0.4, -0.2) is 47.0 Å². The van der Waals surface area contributed by atoms with E-state index in [1.165, 1.54) is 11.3 Å². The third-order valence-corrected chi connectivity index (χ3v) is 5.14. The third kappa shape index (κ3) is 3.97. The maximum atomic E-state index is 12.4. The summed E-state index contributed by atoms with van der Waals surface area (Å²) in [5.74, 6) is 0.442. The van der Waals surface area contributed by atoms with Crippen molar-refractivity contribution < 1.29 is 4.79 Å². The first kappa shape index (κ1) is 17.6. The topological polar surface area (TPSA) is 78.1 Å². The lowest BCUT2D eigenvalue weighted by Crippen LogP contribution is -2.29. The molecule has 0 unspecified atom stereocenters. The van der Waals surface area contributed by atoms with Crippen LogP contribution in [-0.2, 0) is 0 Å². The molecule has 0 atom stereocenters. The molecule has 0 saturated heterocycles. The van der Waals surface area contributed by atoms with Crippen LogP contribution in [0.2, 0.25) is 0 Å². The van der Waals surface area contributed by atoms with Gasteiger partial charge in [0.05, 0.1) is 10.3 Å². The van der Waals surface area contributed by atoms with Gasteiger partial charge in [-0.2, -0.15) is 0 Å². The Morgan fingerprint density at radius 2 is 2.00 bits per heavy atom. The molecular formula is C16H24N4O2S. The van der Waals surface area contributed by atoms with Gasteiger partial charge >= 0.3 is 0 Å². The van der Waals surface area contributed by atoms with E-state index in [9.17, 15) is 9.59 Å². The highest BCUT2D eigenvalue weighted by Crippen LogP contribution is 2.26. The molecule has 1 amide bonds. The molecule has 2 rings (SSSR count). The molecule has 0 radical (unpaired) electrons. The SMILES string of the molecule is CCN(CC)CCCNC(=O)c1sc2nc(C)[nH]c(=O)c2c1C. The lowest BCUT2D eigenvalue weighted by molar-refractivity contribution is 0.0955. The molecule has 126 valence electrons. The number of rotatable bonds is 7. The van der Waals surface area contributed by atoms with Crippen LogP contribution in [0.15, 0.2) is 4.79 Å². The van der Waals surface area contributed by atoms with E-state index in [0.29, 0.717) is 33.0 Å². The van der Waals surface area contributed by atoms with E-state index in [0.717, 1.165) is 26.1 Å². The lowest BCUT2D eigenvalue weighted by atomic mass is 10.2. The molecule has 0 aliphatic rings. The number of amides is 1. The number of nitrogens with zero attached hydrogens (tertiary/aromatic N) is 2. The van der Waals surface area contributed by atoms with Gasteiger partial charge < -0.3 is 15.2 Å². The Morgan fingerprint density at radius 3 is 2.65 bits per heavy atom. The van der Waals surface area contributed by atoms with E-state index in [-0.39, 0.29) is 11.5 Å². The molecule has 2 heterocycles. The third-order valence-electron chi connectivity index (χ3n) is 3.96. The summed E-state index contributed by atoms with van der Waals surface area (Å²) in [5, 5.41) is 3.47. The Labute approximate surface area is 139 Å². The Morgan fingerprint density at radius 1 is 1.30 bits per heavy atom. The summed E-state index contributed by atoms with van der Waals surface area (Å²) in [6.45, 7) is 11.5. The molecule has 0 aliphatic heterocycles. The summed E-state index contributed by atoms with van der Waals surface area (Å²) >= 11 is 1.28. The van der Waals surface area contributed by atoms with Crippen molar-refractivity contribution in [1.82, 2.24) is 20.2 Å². The maximum Gasteiger partial charge on any atom is 0.261 e. The van der Waals surface area contributed by atoms with Gasteiger partial charge in [0.2, 0.25) is 0 Å². The zero-order valence-electron chi connectivity index (χ0n) is 14.2. The quantitative estimate of drug-likeness (QED) is 0.759. The molecule has 0 bridgehead atoms. The van der Waals surface area contributed by atoms with Gasteiger partial charge in [0, 0.05) is 6.54 Å². The van der Waals surface area contributed by atoms with E-state index in [4.69, 9.17) is 0 Å². The maximum absolute atomic E-state index is 12.4. The van der Waals surface area contributed by atoms with E-state index < -0.39 is 0 Å². The second-order valence-corrected chi connectivity index (χ2v) is 6.52. The van der Waals surface area contributed by atoms with Crippen LogP contribution in [0.3, 0.4) is 0 Å². The summed E-state index contributed by atoms with van der Waals surface area (Å²) in [6.07, 6.45) is 0.912. The largest absolute Gasteiger partial charge is 0.351 e. The van der Waals surface area contributed by atoms with Crippen LogP contribution in [0.5, 0.6) is 0 Å². The average Bonchev–Trinajstić information content (AvgIpc) is 2.84. The number of hydrogen-bond donors (Lipinski definition) is 2. The minimum absolute atomic E-state index is 0.123. The molecule has 0 saturated carbocycles. The number of H-pyrrole nitrogens is 1. The highest BCUT2D eigenvalue weighted by Gasteiger charge is 2.18. The monoisotopic (exact) mass is 336 g/mol. The second kappa shape index (κ2) is 7.70. The number of hydrogen-bond acceptors (Lipinski definition) is 5. The van der Waals surface area contributed by atoms with Crippen molar-refractivity contribution in [3.8, 4) is 0 Å².